The third-order valence-electron chi connectivity index (χ3n) is 5.18. The minimum absolute atomic E-state index is 0.00843. The van der Waals surface area contributed by atoms with Crippen molar-refractivity contribution < 1.29 is 27.9 Å². The smallest absolute Gasteiger partial charge is 0.308 e. The van der Waals surface area contributed by atoms with Crippen molar-refractivity contribution in [2.75, 3.05) is 25.0 Å². The quantitative estimate of drug-likeness (QED) is 0.739. The van der Waals surface area contributed by atoms with Crippen molar-refractivity contribution in [2.45, 2.75) is 37.1 Å². The van der Waals surface area contributed by atoms with Crippen LogP contribution in [0.1, 0.15) is 26.2 Å². The SMILES string of the molecule is CC(=O)Nc1ccc(S(=O)(=O)N2CCC(N3CC(C(=O)O)CC3=O)CC2)cc1. The molecule has 2 aliphatic heterocycles. The normalized spacial score (nSPS) is 21.7. The molecule has 2 fully saturated rings. The van der Waals surface area contributed by atoms with E-state index in [0.29, 0.717) is 18.5 Å². The average molecular weight is 409 g/mol. The molecule has 152 valence electrons. The fraction of sp³-hybridized carbons (Fsp3) is 0.500. The largest absolute Gasteiger partial charge is 0.481 e. The molecule has 0 radical (unpaired) electrons. The average Bonchev–Trinajstić information content (AvgIpc) is 3.04. The number of aliphatic carboxylic acids is 1. The molecule has 0 aliphatic carbocycles. The summed E-state index contributed by atoms with van der Waals surface area (Å²) in [5.41, 5.74) is 0.519. The number of amides is 2. The third kappa shape index (κ3) is 4.17. The molecule has 1 aromatic rings. The second-order valence-corrected chi connectivity index (χ2v) is 9.06. The Kier molecular flexibility index (Phi) is 5.71. The van der Waals surface area contributed by atoms with Gasteiger partial charge in [-0.1, -0.05) is 0 Å². The Morgan fingerprint density at radius 2 is 1.75 bits per heavy atom. The molecule has 1 aromatic carbocycles. The summed E-state index contributed by atoms with van der Waals surface area (Å²) in [7, 11) is -3.67. The molecule has 28 heavy (non-hydrogen) atoms. The highest BCUT2D eigenvalue weighted by atomic mass is 32.2. The van der Waals surface area contributed by atoms with Crippen molar-refractivity contribution >= 4 is 33.5 Å². The molecule has 0 spiro atoms. The zero-order valence-electron chi connectivity index (χ0n) is 15.5. The Bertz CT molecular complexity index is 875. The van der Waals surface area contributed by atoms with Gasteiger partial charge >= 0.3 is 5.97 Å². The molecule has 1 atom stereocenters. The monoisotopic (exact) mass is 409 g/mol. The van der Waals surface area contributed by atoms with E-state index in [-0.39, 0.29) is 48.8 Å². The summed E-state index contributed by atoms with van der Waals surface area (Å²) in [5.74, 6) is -2.07. The number of piperidine rings is 1. The standard InChI is InChI=1S/C18H23N3O6S/c1-12(22)19-14-2-4-16(5-3-14)28(26,27)20-8-6-15(7-9-20)21-11-13(18(24)25)10-17(21)23/h2-5,13,15H,6-11H2,1H3,(H,19,22)(H,24,25). The number of carboxylic acids is 1. The highest BCUT2D eigenvalue weighted by Crippen LogP contribution is 2.28. The van der Waals surface area contributed by atoms with Gasteiger partial charge in [0, 0.05) is 44.7 Å². The van der Waals surface area contributed by atoms with Crippen molar-refractivity contribution in [2.24, 2.45) is 5.92 Å². The summed E-state index contributed by atoms with van der Waals surface area (Å²) < 4.78 is 27.1. The summed E-state index contributed by atoms with van der Waals surface area (Å²) in [6.45, 7) is 2.10. The van der Waals surface area contributed by atoms with Crippen LogP contribution < -0.4 is 5.32 Å². The molecule has 2 heterocycles. The number of nitrogens with one attached hydrogen (secondary N) is 1. The first-order valence-corrected chi connectivity index (χ1v) is 10.5. The van der Waals surface area contributed by atoms with Gasteiger partial charge < -0.3 is 15.3 Å². The predicted octanol–water partition coefficient (Wildman–Crippen LogP) is 0.731. The number of hydrogen-bond acceptors (Lipinski definition) is 5. The fourth-order valence-corrected chi connectivity index (χ4v) is 5.18. The summed E-state index contributed by atoms with van der Waals surface area (Å²) in [4.78, 5) is 36.0. The Morgan fingerprint density at radius 1 is 1.14 bits per heavy atom. The van der Waals surface area contributed by atoms with E-state index in [1.165, 1.54) is 35.5 Å². The lowest BCUT2D eigenvalue weighted by atomic mass is 10.1. The lowest BCUT2D eigenvalue weighted by Crippen LogP contribution is -2.47. The van der Waals surface area contributed by atoms with Gasteiger partial charge in [0.05, 0.1) is 10.8 Å². The molecule has 2 saturated heterocycles. The van der Waals surface area contributed by atoms with Gasteiger partial charge in [-0.2, -0.15) is 4.31 Å². The fourth-order valence-electron chi connectivity index (χ4n) is 3.71. The van der Waals surface area contributed by atoms with Crippen molar-refractivity contribution in [1.29, 1.82) is 0 Å². The third-order valence-corrected chi connectivity index (χ3v) is 7.10. The summed E-state index contributed by atoms with van der Waals surface area (Å²) in [6.07, 6.45) is 0.955. The molecule has 2 N–H and O–H groups in total. The van der Waals surface area contributed by atoms with Crippen molar-refractivity contribution in [1.82, 2.24) is 9.21 Å². The number of benzene rings is 1. The van der Waals surface area contributed by atoms with E-state index >= 15 is 0 Å². The molecule has 0 saturated carbocycles. The van der Waals surface area contributed by atoms with Crippen molar-refractivity contribution in [3.63, 3.8) is 0 Å². The lowest BCUT2D eigenvalue weighted by molar-refractivity contribution is -0.141. The van der Waals surface area contributed by atoms with E-state index in [0.717, 1.165) is 0 Å². The number of likely N-dealkylation sites (tertiary alicyclic amines) is 1. The number of carbonyl (C=O) groups excluding carboxylic acids is 2. The van der Waals surface area contributed by atoms with Crippen LogP contribution in [0.4, 0.5) is 5.69 Å². The van der Waals surface area contributed by atoms with Gasteiger partial charge in [0.15, 0.2) is 0 Å². The van der Waals surface area contributed by atoms with Crippen LogP contribution in [-0.2, 0) is 24.4 Å². The molecular formula is C18H23N3O6S. The van der Waals surface area contributed by atoms with E-state index in [1.807, 2.05) is 0 Å². The van der Waals surface area contributed by atoms with Crippen LogP contribution in [0.15, 0.2) is 29.2 Å². The first-order valence-electron chi connectivity index (χ1n) is 9.08. The zero-order chi connectivity index (χ0) is 20.5. The highest BCUT2D eigenvalue weighted by Gasteiger charge is 2.40. The number of carboxylic acid groups (broad SMARTS) is 1. The summed E-state index contributed by atoms with van der Waals surface area (Å²) >= 11 is 0. The number of anilines is 1. The Balaban J connectivity index is 1.63. The van der Waals surface area contributed by atoms with Gasteiger partial charge in [0.2, 0.25) is 21.8 Å². The second kappa shape index (κ2) is 7.88. The molecule has 0 aromatic heterocycles. The van der Waals surface area contributed by atoms with Crippen molar-refractivity contribution in [3.8, 4) is 0 Å². The molecule has 9 nitrogen and oxygen atoms in total. The molecule has 1 unspecified atom stereocenters. The van der Waals surface area contributed by atoms with E-state index in [9.17, 15) is 22.8 Å². The zero-order valence-corrected chi connectivity index (χ0v) is 16.3. The topological polar surface area (TPSA) is 124 Å². The predicted molar refractivity (Wildman–Crippen MR) is 100.0 cm³/mol. The van der Waals surface area contributed by atoms with Crippen LogP contribution in [0.3, 0.4) is 0 Å². The van der Waals surface area contributed by atoms with Gasteiger partial charge in [-0.15, -0.1) is 0 Å². The number of nitrogens with zero attached hydrogens (tertiary/aromatic N) is 2. The first-order chi connectivity index (χ1) is 13.2. The molecule has 2 amide bonds. The Labute approximate surface area is 163 Å². The number of hydrogen-bond donors (Lipinski definition) is 2. The van der Waals surface area contributed by atoms with Gasteiger partial charge in [-0.25, -0.2) is 8.42 Å². The molecule has 10 heteroatoms. The summed E-state index contributed by atoms with van der Waals surface area (Å²) in [6, 6.07) is 5.85. The van der Waals surface area contributed by atoms with Crippen LogP contribution in [0.2, 0.25) is 0 Å². The van der Waals surface area contributed by atoms with Crippen LogP contribution in [0, 0.1) is 5.92 Å². The first kappa shape index (κ1) is 20.3. The maximum Gasteiger partial charge on any atom is 0.308 e. The summed E-state index contributed by atoms with van der Waals surface area (Å²) in [5, 5.41) is 11.7. The lowest BCUT2D eigenvalue weighted by Gasteiger charge is -2.36. The Hall–Kier alpha value is -2.46. The van der Waals surface area contributed by atoms with E-state index in [2.05, 4.69) is 5.32 Å². The number of sulfonamides is 1. The van der Waals surface area contributed by atoms with Gasteiger partial charge in [0.1, 0.15) is 0 Å². The minimum atomic E-state index is -3.67. The van der Waals surface area contributed by atoms with Crippen LogP contribution in [0.25, 0.3) is 0 Å². The van der Waals surface area contributed by atoms with Crippen LogP contribution in [0.5, 0.6) is 0 Å². The number of rotatable bonds is 5. The minimum Gasteiger partial charge on any atom is -0.481 e. The van der Waals surface area contributed by atoms with Crippen LogP contribution >= 0.6 is 0 Å². The van der Waals surface area contributed by atoms with Crippen molar-refractivity contribution in [3.05, 3.63) is 24.3 Å². The van der Waals surface area contributed by atoms with Crippen LogP contribution in [-0.4, -0.2) is 66.2 Å². The van der Waals surface area contributed by atoms with E-state index in [1.54, 1.807) is 4.90 Å². The Morgan fingerprint density at radius 3 is 2.25 bits per heavy atom. The van der Waals surface area contributed by atoms with Gasteiger partial charge in [-0.05, 0) is 37.1 Å². The highest BCUT2D eigenvalue weighted by molar-refractivity contribution is 7.89. The molecule has 0 bridgehead atoms. The number of carbonyl (C=O) groups is 3. The molecule has 2 aliphatic rings. The van der Waals surface area contributed by atoms with Gasteiger partial charge in [0.25, 0.3) is 0 Å². The maximum absolute atomic E-state index is 12.8. The van der Waals surface area contributed by atoms with Gasteiger partial charge in [-0.3, -0.25) is 14.4 Å². The van der Waals surface area contributed by atoms with E-state index < -0.39 is 21.9 Å². The molecule has 3 rings (SSSR count). The molecular weight excluding hydrogens is 386 g/mol. The second-order valence-electron chi connectivity index (χ2n) is 7.13. The maximum atomic E-state index is 12.8. The van der Waals surface area contributed by atoms with E-state index in [4.69, 9.17) is 5.11 Å².